The minimum atomic E-state index is -0.764. The molecule has 6 nitrogen and oxygen atoms in total. The maximum absolute atomic E-state index is 12.2. The summed E-state index contributed by atoms with van der Waals surface area (Å²) in [6.45, 7) is 2.50. The Bertz CT molecular complexity index is 644. The molecule has 0 bridgehead atoms. The van der Waals surface area contributed by atoms with Crippen LogP contribution in [0, 0.1) is 5.92 Å². The van der Waals surface area contributed by atoms with E-state index in [2.05, 4.69) is 27.7 Å². The van der Waals surface area contributed by atoms with E-state index in [0.29, 0.717) is 23.5 Å². The van der Waals surface area contributed by atoms with Gasteiger partial charge in [-0.05, 0) is 49.8 Å². The van der Waals surface area contributed by atoms with Crippen molar-refractivity contribution in [3.05, 3.63) is 23.8 Å². The second-order valence-corrected chi connectivity index (χ2v) is 6.12. The molecule has 0 radical (unpaired) electrons. The van der Waals surface area contributed by atoms with Crippen molar-refractivity contribution in [3.8, 4) is 0 Å². The Morgan fingerprint density at radius 1 is 1.38 bits per heavy atom. The third-order valence-electron chi connectivity index (χ3n) is 4.36. The van der Waals surface area contributed by atoms with Crippen molar-refractivity contribution in [1.29, 1.82) is 0 Å². The van der Waals surface area contributed by atoms with E-state index < -0.39 is 5.60 Å². The van der Waals surface area contributed by atoms with Crippen LogP contribution in [0.25, 0.3) is 11.0 Å². The highest BCUT2D eigenvalue weighted by molar-refractivity contribution is 5.97. The van der Waals surface area contributed by atoms with Gasteiger partial charge in [0, 0.05) is 12.1 Å². The SMILES string of the molecule is CC1CCC(O)(CNC(=O)c2ccc3n[nH]nc3c2)CC1. The van der Waals surface area contributed by atoms with Crippen LogP contribution in [0.5, 0.6) is 0 Å². The van der Waals surface area contributed by atoms with E-state index >= 15 is 0 Å². The molecule has 1 amide bonds. The van der Waals surface area contributed by atoms with Gasteiger partial charge in [-0.15, -0.1) is 0 Å². The number of aromatic amines is 1. The van der Waals surface area contributed by atoms with E-state index in [1.807, 2.05) is 0 Å². The first kappa shape index (κ1) is 14.0. The van der Waals surface area contributed by atoms with Gasteiger partial charge in [-0.25, -0.2) is 0 Å². The van der Waals surface area contributed by atoms with Crippen molar-refractivity contribution in [2.24, 2.45) is 5.92 Å². The number of hydrogen-bond donors (Lipinski definition) is 3. The summed E-state index contributed by atoms with van der Waals surface area (Å²) in [5.74, 6) is 0.475. The highest BCUT2D eigenvalue weighted by Crippen LogP contribution is 2.31. The summed E-state index contributed by atoms with van der Waals surface area (Å²) in [6.07, 6.45) is 3.52. The van der Waals surface area contributed by atoms with Crippen molar-refractivity contribution >= 4 is 16.9 Å². The fourth-order valence-corrected chi connectivity index (χ4v) is 2.80. The zero-order chi connectivity index (χ0) is 14.9. The lowest BCUT2D eigenvalue weighted by atomic mass is 9.79. The molecule has 3 N–H and O–H groups in total. The van der Waals surface area contributed by atoms with E-state index in [1.54, 1.807) is 18.2 Å². The summed E-state index contributed by atoms with van der Waals surface area (Å²) in [5, 5.41) is 23.8. The van der Waals surface area contributed by atoms with Crippen molar-refractivity contribution in [1.82, 2.24) is 20.7 Å². The lowest BCUT2D eigenvalue weighted by Crippen LogP contribution is -2.45. The van der Waals surface area contributed by atoms with Crippen LogP contribution in [0.4, 0.5) is 0 Å². The quantitative estimate of drug-likeness (QED) is 0.800. The molecule has 0 aliphatic heterocycles. The van der Waals surface area contributed by atoms with Crippen LogP contribution in [-0.2, 0) is 0 Å². The molecule has 3 rings (SSSR count). The number of aromatic nitrogens is 3. The van der Waals surface area contributed by atoms with Gasteiger partial charge < -0.3 is 10.4 Å². The Morgan fingerprint density at radius 2 is 2.10 bits per heavy atom. The number of H-pyrrole nitrogens is 1. The predicted octanol–water partition coefficient (Wildman–Crippen LogP) is 1.63. The van der Waals surface area contributed by atoms with Gasteiger partial charge in [0.05, 0.1) is 5.60 Å². The van der Waals surface area contributed by atoms with Gasteiger partial charge in [0.1, 0.15) is 11.0 Å². The van der Waals surface area contributed by atoms with Crippen molar-refractivity contribution < 1.29 is 9.90 Å². The highest BCUT2D eigenvalue weighted by Gasteiger charge is 2.32. The smallest absolute Gasteiger partial charge is 0.251 e. The zero-order valence-electron chi connectivity index (χ0n) is 12.1. The van der Waals surface area contributed by atoms with E-state index in [4.69, 9.17) is 0 Å². The van der Waals surface area contributed by atoms with Crippen LogP contribution in [0.15, 0.2) is 18.2 Å². The Kier molecular flexibility index (Phi) is 3.63. The van der Waals surface area contributed by atoms with Gasteiger partial charge in [0.2, 0.25) is 0 Å². The van der Waals surface area contributed by atoms with Crippen LogP contribution in [0.3, 0.4) is 0 Å². The molecule has 1 fully saturated rings. The fourth-order valence-electron chi connectivity index (χ4n) is 2.80. The number of fused-ring (bicyclic) bond motifs is 1. The maximum Gasteiger partial charge on any atom is 0.251 e. The number of nitrogens with one attached hydrogen (secondary N) is 2. The second-order valence-electron chi connectivity index (χ2n) is 6.12. The molecular formula is C15H20N4O2. The lowest BCUT2D eigenvalue weighted by Gasteiger charge is -2.34. The number of amides is 1. The summed E-state index contributed by atoms with van der Waals surface area (Å²) in [7, 11) is 0. The molecule has 1 saturated carbocycles. The topological polar surface area (TPSA) is 90.9 Å². The molecule has 0 saturated heterocycles. The Hall–Kier alpha value is -1.95. The third kappa shape index (κ3) is 3.05. The molecule has 2 aromatic rings. The van der Waals surface area contributed by atoms with Crippen LogP contribution in [-0.4, -0.2) is 38.6 Å². The molecule has 1 heterocycles. The molecule has 0 unspecified atom stereocenters. The van der Waals surface area contributed by atoms with Crippen LogP contribution in [0.2, 0.25) is 0 Å². The van der Waals surface area contributed by atoms with Crippen LogP contribution >= 0.6 is 0 Å². The minimum Gasteiger partial charge on any atom is -0.388 e. The van der Waals surface area contributed by atoms with E-state index in [9.17, 15) is 9.90 Å². The molecule has 1 aromatic heterocycles. The Labute approximate surface area is 122 Å². The molecule has 1 aliphatic carbocycles. The van der Waals surface area contributed by atoms with Gasteiger partial charge >= 0.3 is 0 Å². The number of carbonyl (C=O) groups excluding carboxylic acids is 1. The zero-order valence-corrected chi connectivity index (χ0v) is 12.1. The first-order valence-electron chi connectivity index (χ1n) is 7.37. The van der Waals surface area contributed by atoms with Gasteiger partial charge in [-0.1, -0.05) is 6.92 Å². The van der Waals surface area contributed by atoms with Crippen molar-refractivity contribution in [3.63, 3.8) is 0 Å². The number of aliphatic hydroxyl groups is 1. The van der Waals surface area contributed by atoms with Crippen molar-refractivity contribution in [2.75, 3.05) is 6.54 Å². The van der Waals surface area contributed by atoms with Gasteiger partial charge in [-0.2, -0.15) is 15.4 Å². The summed E-state index contributed by atoms with van der Waals surface area (Å²) in [6, 6.07) is 5.17. The molecule has 112 valence electrons. The Balaban J connectivity index is 1.63. The van der Waals surface area contributed by atoms with Gasteiger partial charge in [0.25, 0.3) is 5.91 Å². The molecule has 1 aromatic carbocycles. The molecule has 0 spiro atoms. The fraction of sp³-hybridized carbons (Fsp3) is 0.533. The third-order valence-corrected chi connectivity index (χ3v) is 4.36. The molecule has 0 atom stereocenters. The molecule has 1 aliphatic rings. The van der Waals surface area contributed by atoms with Gasteiger partial charge in [0.15, 0.2) is 0 Å². The largest absolute Gasteiger partial charge is 0.388 e. The number of benzene rings is 1. The summed E-state index contributed by atoms with van der Waals surface area (Å²) in [4.78, 5) is 12.2. The van der Waals surface area contributed by atoms with E-state index in [0.717, 1.165) is 31.2 Å². The number of carbonyl (C=O) groups is 1. The van der Waals surface area contributed by atoms with Crippen LogP contribution < -0.4 is 5.32 Å². The Morgan fingerprint density at radius 3 is 2.86 bits per heavy atom. The van der Waals surface area contributed by atoms with Gasteiger partial charge in [-0.3, -0.25) is 4.79 Å². The number of nitrogens with zero attached hydrogens (tertiary/aromatic N) is 2. The summed E-state index contributed by atoms with van der Waals surface area (Å²) in [5.41, 5.74) is 1.16. The predicted molar refractivity (Wildman–Crippen MR) is 78.8 cm³/mol. The second kappa shape index (κ2) is 5.44. The molecular weight excluding hydrogens is 268 g/mol. The first-order chi connectivity index (χ1) is 10.1. The number of rotatable bonds is 3. The van der Waals surface area contributed by atoms with E-state index in [1.165, 1.54) is 0 Å². The van der Waals surface area contributed by atoms with Crippen LogP contribution in [0.1, 0.15) is 43.0 Å². The minimum absolute atomic E-state index is 0.188. The summed E-state index contributed by atoms with van der Waals surface area (Å²) >= 11 is 0. The van der Waals surface area contributed by atoms with Crippen molar-refractivity contribution in [2.45, 2.75) is 38.2 Å². The standard InChI is InChI=1S/C15H20N4O2/c1-10-4-6-15(21,7-5-10)9-16-14(20)11-2-3-12-13(8-11)18-19-17-12/h2-3,8,10,21H,4-7,9H2,1H3,(H,16,20)(H,17,18,19). The monoisotopic (exact) mass is 288 g/mol. The lowest BCUT2D eigenvalue weighted by molar-refractivity contribution is -0.00539. The highest BCUT2D eigenvalue weighted by atomic mass is 16.3. The average Bonchev–Trinajstić information content (AvgIpc) is 2.96. The number of hydrogen-bond acceptors (Lipinski definition) is 4. The maximum atomic E-state index is 12.2. The van der Waals surface area contributed by atoms with E-state index in [-0.39, 0.29) is 5.91 Å². The molecule has 21 heavy (non-hydrogen) atoms. The first-order valence-corrected chi connectivity index (χ1v) is 7.37. The average molecular weight is 288 g/mol. The normalized spacial score (nSPS) is 25.9. The summed E-state index contributed by atoms with van der Waals surface area (Å²) < 4.78 is 0. The molecule has 6 heteroatoms.